The lowest BCUT2D eigenvalue weighted by atomic mass is 10.1. The van der Waals surface area contributed by atoms with Crippen molar-refractivity contribution in [3.63, 3.8) is 0 Å². The van der Waals surface area contributed by atoms with Gasteiger partial charge in [-0.25, -0.2) is 12.7 Å². The van der Waals surface area contributed by atoms with Crippen LogP contribution in [0, 0.1) is 17.2 Å². The molecular formula is C14H20N2O2S. The number of sulfonamides is 1. The van der Waals surface area contributed by atoms with E-state index in [0.717, 1.165) is 5.56 Å². The van der Waals surface area contributed by atoms with E-state index in [2.05, 4.69) is 6.07 Å². The van der Waals surface area contributed by atoms with Crippen LogP contribution in [0.1, 0.15) is 31.4 Å². The molecule has 0 heterocycles. The highest BCUT2D eigenvalue weighted by atomic mass is 32.2. The maximum absolute atomic E-state index is 12.1. The standard InChI is InChI=1S/C14H20N2O2S/c1-12(2)7-8-19(17,18)16(3)11-14-6-4-5-13(9-14)10-15/h4-6,9,12H,7-8,11H2,1-3H3. The third-order valence-corrected chi connectivity index (χ3v) is 4.72. The lowest BCUT2D eigenvalue weighted by Gasteiger charge is -2.18. The average molecular weight is 280 g/mol. The van der Waals surface area contributed by atoms with Crippen LogP contribution in [-0.4, -0.2) is 25.5 Å². The minimum Gasteiger partial charge on any atom is -0.212 e. The molecule has 0 saturated carbocycles. The molecule has 19 heavy (non-hydrogen) atoms. The van der Waals surface area contributed by atoms with E-state index >= 15 is 0 Å². The van der Waals surface area contributed by atoms with Crippen molar-refractivity contribution >= 4 is 10.0 Å². The van der Waals surface area contributed by atoms with Crippen LogP contribution in [0.5, 0.6) is 0 Å². The van der Waals surface area contributed by atoms with E-state index in [1.165, 1.54) is 4.31 Å². The van der Waals surface area contributed by atoms with Crippen LogP contribution in [0.4, 0.5) is 0 Å². The molecule has 0 fully saturated rings. The first-order valence-corrected chi connectivity index (χ1v) is 7.89. The number of nitrogens with zero attached hydrogens (tertiary/aromatic N) is 2. The van der Waals surface area contributed by atoms with Gasteiger partial charge in [0.25, 0.3) is 0 Å². The zero-order valence-corrected chi connectivity index (χ0v) is 12.4. The number of benzene rings is 1. The van der Waals surface area contributed by atoms with Crippen LogP contribution >= 0.6 is 0 Å². The van der Waals surface area contributed by atoms with Crippen LogP contribution in [0.25, 0.3) is 0 Å². The van der Waals surface area contributed by atoms with Crippen molar-refractivity contribution in [3.05, 3.63) is 35.4 Å². The summed E-state index contributed by atoms with van der Waals surface area (Å²) in [7, 11) is -1.64. The molecule has 0 aliphatic carbocycles. The highest BCUT2D eigenvalue weighted by Crippen LogP contribution is 2.12. The monoisotopic (exact) mass is 280 g/mol. The van der Waals surface area contributed by atoms with Crippen molar-refractivity contribution in [3.8, 4) is 6.07 Å². The van der Waals surface area contributed by atoms with Crippen molar-refractivity contribution in [2.45, 2.75) is 26.8 Å². The Morgan fingerprint density at radius 2 is 2.05 bits per heavy atom. The first kappa shape index (κ1) is 15.7. The molecule has 104 valence electrons. The fraction of sp³-hybridized carbons (Fsp3) is 0.500. The lowest BCUT2D eigenvalue weighted by Crippen LogP contribution is -2.29. The van der Waals surface area contributed by atoms with Crippen molar-refractivity contribution in [1.29, 1.82) is 5.26 Å². The number of rotatable bonds is 6. The van der Waals surface area contributed by atoms with Gasteiger partial charge < -0.3 is 0 Å². The highest BCUT2D eigenvalue weighted by molar-refractivity contribution is 7.89. The van der Waals surface area contributed by atoms with E-state index in [9.17, 15) is 8.42 Å². The molecule has 0 aliphatic heterocycles. The molecule has 4 nitrogen and oxygen atoms in total. The summed E-state index contributed by atoms with van der Waals surface area (Å²) in [6.45, 7) is 4.31. The summed E-state index contributed by atoms with van der Waals surface area (Å²) in [5.41, 5.74) is 1.38. The highest BCUT2D eigenvalue weighted by Gasteiger charge is 2.18. The molecule has 0 amide bonds. The van der Waals surface area contributed by atoms with Crippen molar-refractivity contribution in [1.82, 2.24) is 4.31 Å². The minimum absolute atomic E-state index is 0.166. The summed E-state index contributed by atoms with van der Waals surface area (Å²) in [5, 5.41) is 8.82. The normalized spacial score (nSPS) is 11.8. The van der Waals surface area contributed by atoms with Crippen LogP contribution in [-0.2, 0) is 16.6 Å². The molecule has 0 radical (unpaired) electrons. The minimum atomic E-state index is -3.22. The zero-order chi connectivity index (χ0) is 14.5. The van der Waals surface area contributed by atoms with Gasteiger partial charge in [-0.2, -0.15) is 5.26 Å². The first-order valence-electron chi connectivity index (χ1n) is 6.28. The maximum atomic E-state index is 12.1. The Morgan fingerprint density at radius 3 is 2.63 bits per heavy atom. The zero-order valence-electron chi connectivity index (χ0n) is 11.6. The second-order valence-corrected chi connectivity index (χ2v) is 7.26. The average Bonchev–Trinajstić information content (AvgIpc) is 2.36. The predicted molar refractivity (Wildman–Crippen MR) is 75.9 cm³/mol. The van der Waals surface area contributed by atoms with Gasteiger partial charge in [-0.3, -0.25) is 0 Å². The molecule has 1 aromatic rings. The molecule has 5 heteroatoms. The Bertz CT molecular complexity index is 559. The Kier molecular flexibility index (Phi) is 5.52. The third kappa shape index (κ3) is 5.01. The summed E-state index contributed by atoms with van der Waals surface area (Å²) in [6, 6.07) is 9.07. The summed E-state index contributed by atoms with van der Waals surface area (Å²) in [4.78, 5) is 0. The molecule has 0 N–H and O–H groups in total. The molecule has 1 rings (SSSR count). The second-order valence-electron chi connectivity index (χ2n) is 5.07. The van der Waals surface area contributed by atoms with Crippen LogP contribution < -0.4 is 0 Å². The van der Waals surface area contributed by atoms with Gasteiger partial charge in [-0.15, -0.1) is 0 Å². The van der Waals surface area contributed by atoms with Crippen molar-refractivity contribution in [2.75, 3.05) is 12.8 Å². The Balaban J connectivity index is 2.73. The lowest BCUT2D eigenvalue weighted by molar-refractivity contribution is 0.460. The molecule has 0 aliphatic rings. The maximum Gasteiger partial charge on any atom is 0.214 e. The molecule has 0 atom stereocenters. The molecule has 0 bridgehead atoms. The van der Waals surface area contributed by atoms with Crippen LogP contribution in [0.15, 0.2) is 24.3 Å². The molecule has 0 aromatic heterocycles. The quantitative estimate of drug-likeness (QED) is 0.803. The van der Waals surface area contributed by atoms with Gasteiger partial charge >= 0.3 is 0 Å². The number of hydrogen-bond acceptors (Lipinski definition) is 3. The molecule has 1 aromatic carbocycles. The fourth-order valence-corrected chi connectivity index (χ4v) is 3.06. The van der Waals surface area contributed by atoms with E-state index < -0.39 is 10.0 Å². The van der Waals surface area contributed by atoms with Gasteiger partial charge in [0.05, 0.1) is 17.4 Å². The number of nitriles is 1. The van der Waals surface area contributed by atoms with Gasteiger partial charge in [0.1, 0.15) is 0 Å². The summed E-state index contributed by atoms with van der Waals surface area (Å²) < 4.78 is 25.5. The Morgan fingerprint density at radius 1 is 1.37 bits per heavy atom. The van der Waals surface area contributed by atoms with E-state index in [1.807, 2.05) is 19.9 Å². The number of hydrogen-bond donors (Lipinski definition) is 0. The van der Waals surface area contributed by atoms with Crippen molar-refractivity contribution in [2.24, 2.45) is 5.92 Å². The summed E-state index contributed by atoms with van der Waals surface area (Å²) in [6.07, 6.45) is 0.658. The first-order chi connectivity index (χ1) is 8.85. The van der Waals surface area contributed by atoms with Gasteiger partial charge in [-0.1, -0.05) is 26.0 Å². The SMILES string of the molecule is CC(C)CCS(=O)(=O)N(C)Cc1cccc(C#N)c1. The largest absolute Gasteiger partial charge is 0.214 e. The van der Waals surface area contributed by atoms with Crippen molar-refractivity contribution < 1.29 is 8.42 Å². The van der Waals surface area contributed by atoms with E-state index in [1.54, 1.807) is 25.2 Å². The molecule has 0 saturated heterocycles. The topological polar surface area (TPSA) is 61.2 Å². The van der Waals surface area contributed by atoms with Gasteiger partial charge in [-0.05, 0) is 30.0 Å². The third-order valence-electron chi connectivity index (χ3n) is 2.89. The molecule has 0 unspecified atom stereocenters. The smallest absolute Gasteiger partial charge is 0.212 e. The Labute approximate surface area is 115 Å². The Hall–Kier alpha value is -1.38. The van der Waals surface area contributed by atoms with Gasteiger partial charge in [0, 0.05) is 13.6 Å². The fourth-order valence-electron chi connectivity index (χ4n) is 1.64. The predicted octanol–water partition coefficient (Wildman–Crippen LogP) is 2.37. The van der Waals surface area contributed by atoms with Gasteiger partial charge in [0.2, 0.25) is 10.0 Å². The van der Waals surface area contributed by atoms with Crippen LogP contribution in [0.2, 0.25) is 0 Å². The van der Waals surface area contributed by atoms with E-state index in [-0.39, 0.29) is 5.75 Å². The van der Waals surface area contributed by atoms with E-state index in [0.29, 0.717) is 24.4 Å². The molecule has 0 spiro atoms. The van der Waals surface area contributed by atoms with E-state index in [4.69, 9.17) is 5.26 Å². The van der Waals surface area contributed by atoms with Gasteiger partial charge in [0.15, 0.2) is 0 Å². The summed E-state index contributed by atoms with van der Waals surface area (Å²) in [5.74, 6) is 0.532. The second kappa shape index (κ2) is 6.69. The summed E-state index contributed by atoms with van der Waals surface area (Å²) >= 11 is 0. The molecular weight excluding hydrogens is 260 g/mol. The van der Waals surface area contributed by atoms with Crippen LogP contribution in [0.3, 0.4) is 0 Å².